The van der Waals surface area contributed by atoms with Gasteiger partial charge in [-0.1, -0.05) is 24.3 Å². The number of rotatable bonds is 5. The lowest BCUT2D eigenvalue weighted by atomic mass is 10.1. The normalized spacial score (nSPS) is 10.6. The smallest absolute Gasteiger partial charge is 0.321 e. The van der Waals surface area contributed by atoms with E-state index in [2.05, 4.69) is 16.4 Å². The van der Waals surface area contributed by atoms with Crippen LogP contribution in [0.5, 0.6) is 0 Å². The highest BCUT2D eigenvalue weighted by molar-refractivity contribution is 7.99. The van der Waals surface area contributed by atoms with Crippen molar-refractivity contribution in [2.24, 2.45) is 0 Å². The van der Waals surface area contributed by atoms with Crippen molar-refractivity contribution in [2.75, 3.05) is 11.1 Å². The number of amides is 1. The van der Waals surface area contributed by atoms with Crippen molar-refractivity contribution in [3.8, 4) is 5.69 Å². The summed E-state index contributed by atoms with van der Waals surface area (Å²) >= 11 is 1.48. The number of benzene rings is 2. The van der Waals surface area contributed by atoms with Crippen LogP contribution in [0, 0.1) is 13.8 Å². The molecule has 1 aromatic heterocycles. The van der Waals surface area contributed by atoms with Gasteiger partial charge in [0.25, 0.3) is 0 Å². The molecular weight excluding hydrogens is 318 g/mol. The van der Waals surface area contributed by atoms with Gasteiger partial charge in [0.1, 0.15) is 18.1 Å². The second-order valence-corrected chi connectivity index (χ2v) is 6.65. The van der Waals surface area contributed by atoms with E-state index in [1.165, 1.54) is 11.8 Å². The quantitative estimate of drug-likeness (QED) is 0.551. The van der Waals surface area contributed by atoms with Gasteiger partial charge in [-0.05, 0) is 61.0 Å². The second-order valence-electron chi connectivity index (χ2n) is 5.68. The zero-order valence-electron chi connectivity index (χ0n) is 13.7. The van der Waals surface area contributed by atoms with E-state index >= 15 is 0 Å². The third-order valence-electron chi connectivity index (χ3n) is 3.53. The fourth-order valence-electron chi connectivity index (χ4n) is 2.60. The number of aryl methyl sites for hydroxylation is 2. The molecule has 2 N–H and O–H groups in total. The predicted octanol–water partition coefficient (Wildman–Crippen LogP) is 3.64. The van der Waals surface area contributed by atoms with Crippen LogP contribution in [0.3, 0.4) is 0 Å². The molecular formula is C19H20N3OS+. The number of para-hydroxylation sites is 1. The van der Waals surface area contributed by atoms with E-state index in [1.807, 2.05) is 73.3 Å². The van der Waals surface area contributed by atoms with Crippen molar-refractivity contribution in [1.29, 1.82) is 0 Å². The minimum Gasteiger partial charge on any atom is -0.325 e. The predicted molar refractivity (Wildman–Crippen MR) is 97.6 cm³/mol. The number of nitrogens with zero attached hydrogens (tertiary/aromatic N) is 1. The summed E-state index contributed by atoms with van der Waals surface area (Å²) < 4.78 is 2.04. The lowest BCUT2D eigenvalue weighted by Crippen LogP contribution is -2.31. The summed E-state index contributed by atoms with van der Waals surface area (Å²) in [5, 5.41) is 3.89. The molecule has 0 atom stereocenters. The number of carbonyl (C=O) groups is 1. The van der Waals surface area contributed by atoms with Crippen LogP contribution in [0.15, 0.2) is 66.1 Å². The van der Waals surface area contributed by atoms with E-state index in [-0.39, 0.29) is 5.91 Å². The Labute approximate surface area is 145 Å². The summed E-state index contributed by atoms with van der Waals surface area (Å²) in [6.07, 6.45) is 3.83. The van der Waals surface area contributed by atoms with Gasteiger partial charge in [-0.15, -0.1) is 0 Å². The Kier molecular flexibility index (Phi) is 5.01. The van der Waals surface area contributed by atoms with Gasteiger partial charge in [-0.2, -0.15) is 4.57 Å². The molecule has 0 aliphatic heterocycles. The monoisotopic (exact) mass is 338 g/mol. The van der Waals surface area contributed by atoms with Gasteiger partial charge >= 0.3 is 5.16 Å². The highest BCUT2D eigenvalue weighted by atomic mass is 32.2. The Bertz CT molecular complexity index is 823. The molecule has 1 amide bonds. The van der Waals surface area contributed by atoms with Crippen LogP contribution in [0.25, 0.3) is 5.69 Å². The van der Waals surface area contributed by atoms with Gasteiger partial charge in [0, 0.05) is 5.69 Å². The molecule has 0 saturated heterocycles. The van der Waals surface area contributed by atoms with E-state index in [0.29, 0.717) is 5.75 Å². The van der Waals surface area contributed by atoms with E-state index in [1.54, 1.807) is 0 Å². The summed E-state index contributed by atoms with van der Waals surface area (Å²) in [6.45, 7) is 4.05. The maximum Gasteiger partial charge on any atom is 0.321 e. The molecule has 2 aromatic carbocycles. The van der Waals surface area contributed by atoms with Crippen molar-refractivity contribution in [1.82, 2.24) is 4.98 Å². The lowest BCUT2D eigenvalue weighted by Gasteiger charge is -2.07. The number of aromatic amines is 1. The van der Waals surface area contributed by atoms with Gasteiger partial charge in [0.15, 0.2) is 0 Å². The molecule has 0 unspecified atom stereocenters. The molecule has 3 aromatic rings. The summed E-state index contributed by atoms with van der Waals surface area (Å²) in [7, 11) is 0. The van der Waals surface area contributed by atoms with E-state index in [9.17, 15) is 4.79 Å². The Hall–Kier alpha value is -2.53. The van der Waals surface area contributed by atoms with Crippen molar-refractivity contribution >= 4 is 23.4 Å². The van der Waals surface area contributed by atoms with Crippen LogP contribution in [0.2, 0.25) is 0 Å². The number of thioether (sulfide) groups is 1. The molecule has 0 fully saturated rings. The minimum absolute atomic E-state index is 0.0146. The lowest BCUT2D eigenvalue weighted by molar-refractivity contribution is -0.635. The average molecular weight is 338 g/mol. The van der Waals surface area contributed by atoms with E-state index in [4.69, 9.17) is 0 Å². The van der Waals surface area contributed by atoms with Crippen molar-refractivity contribution in [3.63, 3.8) is 0 Å². The topological polar surface area (TPSA) is 48.8 Å². The molecule has 0 aliphatic carbocycles. The zero-order valence-corrected chi connectivity index (χ0v) is 14.6. The summed E-state index contributed by atoms with van der Waals surface area (Å²) in [5.74, 6) is 0.333. The van der Waals surface area contributed by atoms with Crippen LogP contribution in [-0.4, -0.2) is 16.6 Å². The molecule has 0 radical (unpaired) electrons. The Morgan fingerprint density at radius 2 is 1.83 bits per heavy atom. The molecule has 4 nitrogen and oxygen atoms in total. The average Bonchev–Trinajstić information content (AvgIpc) is 3.01. The van der Waals surface area contributed by atoms with Crippen LogP contribution in [-0.2, 0) is 4.79 Å². The maximum atomic E-state index is 12.2. The summed E-state index contributed by atoms with van der Waals surface area (Å²) in [6, 6.07) is 16.1. The second kappa shape index (κ2) is 7.36. The highest BCUT2D eigenvalue weighted by Crippen LogP contribution is 2.16. The number of carbonyl (C=O) groups excluding carboxylic acids is 1. The van der Waals surface area contributed by atoms with Gasteiger partial charge in [-0.25, -0.2) is 4.98 Å². The molecule has 0 bridgehead atoms. The first-order valence-corrected chi connectivity index (χ1v) is 8.76. The first kappa shape index (κ1) is 16.3. The fourth-order valence-corrected chi connectivity index (χ4v) is 3.40. The SMILES string of the molecule is Cc1cc(C)cc(NC(=O)CSc2[nH]cc[n+]2-c2ccccc2)c1. The first-order valence-electron chi connectivity index (χ1n) is 7.77. The number of nitrogens with one attached hydrogen (secondary N) is 2. The van der Waals surface area contributed by atoms with Gasteiger partial charge < -0.3 is 5.32 Å². The zero-order chi connectivity index (χ0) is 16.9. The van der Waals surface area contributed by atoms with Crippen LogP contribution < -0.4 is 9.88 Å². The van der Waals surface area contributed by atoms with Crippen LogP contribution >= 0.6 is 11.8 Å². The largest absolute Gasteiger partial charge is 0.325 e. The Morgan fingerprint density at radius 1 is 1.12 bits per heavy atom. The molecule has 24 heavy (non-hydrogen) atoms. The fraction of sp³-hybridized carbons (Fsp3) is 0.158. The Balaban J connectivity index is 1.64. The van der Waals surface area contributed by atoms with Crippen LogP contribution in [0.4, 0.5) is 5.69 Å². The van der Waals surface area contributed by atoms with Gasteiger partial charge in [0.05, 0.1) is 5.75 Å². The summed E-state index contributed by atoms with van der Waals surface area (Å²) in [5.41, 5.74) is 4.20. The third kappa shape index (κ3) is 4.06. The minimum atomic E-state index is -0.0146. The van der Waals surface area contributed by atoms with Crippen molar-refractivity contribution in [2.45, 2.75) is 19.0 Å². The van der Waals surface area contributed by atoms with Crippen LogP contribution in [0.1, 0.15) is 11.1 Å². The standard InChI is InChI=1S/C19H19N3OS/c1-14-10-15(2)12-16(11-14)21-18(23)13-24-19-20-8-9-22(19)17-6-4-3-5-7-17/h3-12H,13H2,1-2H3,(H,21,23)/p+1. The number of H-pyrrole nitrogens is 1. The molecule has 0 aliphatic rings. The highest BCUT2D eigenvalue weighted by Gasteiger charge is 2.15. The third-order valence-corrected chi connectivity index (χ3v) is 4.52. The molecule has 1 heterocycles. The van der Waals surface area contributed by atoms with Crippen molar-refractivity contribution in [3.05, 3.63) is 72.1 Å². The van der Waals surface area contributed by atoms with Crippen molar-refractivity contribution < 1.29 is 9.36 Å². The molecule has 0 spiro atoms. The molecule has 5 heteroatoms. The number of hydrogen-bond donors (Lipinski definition) is 2. The number of hydrogen-bond acceptors (Lipinski definition) is 2. The Morgan fingerprint density at radius 3 is 2.54 bits per heavy atom. The number of imidazole rings is 1. The summed E-state index contributed by atoms with van der Waals surface area (Å²) in [4.78, 5) is 15.4. The molecule has 3 rings (SSSR count). The van der Waals surface area contributed by atoms with Gasteiger partial charge in [0.2, 0.25) is 5.91 Å². The van der Waals surface area contributed by atoms with Gasteiger partial charge in [-0.3, -0.25) is 4.79 Å². The van der Waals surface area contributed by atoms with E-state index in [0.717, 1.165) is 27.7 Å². The molecule has 0 saturated carbocycles. The maximum absolute atomic E-state index is 12.2. The van der Waals surface area contributed by atoms with E-state index < -0.39 is 0 Å². The molecule has 122 valence electrons. The number of anilines is 1. The number of aromatic nitrogens is 2. The first-order chi connectivity index (χ1) is 11.6.